The van der Waals surface area contributed by atoms with E-state index in [4.69, 9.17) is 4.74 Å². The second kappa shape index (κ2) is 5.27. The number of anilines is 1. The van der Waals surface area contributed by atoms with E-state index in [2.05, 4.69) is 49.7 Å². The second-order valence-corrected chi connectivity index (χ2v) is 5.88. The Labute approximate surface area is 110 Å². The minimum absolute atomic E-state index is 0.177. The molecule has 0 aromatic carbocycles. The highest BCUT2D eigenvalue weighted by atomic mass is 16.5. The third-order valence-corrected chi connectivity index (χ3v) is 4.27. The summed E-state index contributed by atoms with van der Waals surface area (Å²) < 4.78 is 5.36. The van der Waals surface area contributed by atoms with Gasteiger partial charge in [0.05, 0.1) is 13.2 Å². The van der Waals surface area contributed by atoms with Crippen molar-refractivity contribution in [2.24, 2.45) is 5.92 Å². The van der Waals surface area contributed by atoms with Crippen molar-refractivity contribution in [2.75, 3.05) is 31.2 Å². The van der Waals surface area contributed by atoms with Gasteiger partial charge in [-0.3, -0.25) is 0 Å². The van der Waals surface area contributed by atoms with Crippen LogP contribution in [0.3, 0.4) is 0 Å². The molecule has 0 saturated carbocycles. The topological polar surface area (TPSA) is 25.4 Å². The zero-order valence-corrected chi connectivity index (χ0v) is 11.9. The normalized spacial score (nSPS) is 17.3. The van der Waals surface area contributed by atoms with E-state index in [0.717, 1.165) is 32.1 Å². The standard InChI is InChI=1S/C15H24N2O/c1-12(2)15(3,4)13-5-6-14(16-11-13)17-7-9-18-10-8-17/h5-6,11-12H,7-10H2,1-4H3. The van der Waals surface area contributed by atoms with E-state index in [0.29, 0.717) is 5.92 Å². The number of rotatable bonds is 3. The van der Waals surface area contributed by atoms with E-state index in [1.54, 1.807) is 0 Å². The van der Waals surface area contributed by atoms with Gasteiger partial charge in [0, 0.05) is 19.3 Å². The molecule has 2 heterocycles. The largest absolute Gasteiger partial charge is 0.378 e. The number of nitrogens with zero attached hydrogens (tertiary/aromatic N) is 2. The molecule has 0 aliphatic carbocycles. The maximum atomic E-state index is 5.36. The Morgan fingerprint density at radius 3 is 2.39 bits per heavy atom. The van der Waals surface area contributed by atoms with Gasteiger partial charge in [0.25, 0.3) is 0 Å². The molecule has 1 aliphatic rings. The molecule has 1 aliphatic heterocycles. The quantitative estimate of drug-likeness (QED) is 0.822. The highest BCUT2D eigenvalue weighted by Crippen LogP contribution is 2.31. The molecule has 1 fully saturated rings. The van der Waals surface area contributed by atoms with Crippen LogP contribution in [-0.4, -0.2) is 31.3 Å². The summed E-state index contributed by atoms with van der Waals surface area (Å²) in [6, 6.07) is 4.36. The van der Waals surface area contributed by atoms with Crippen LogP contribution in [0.1, 0.15) is 33.3 Å². The smallest absolute Gasteiger partial charge is 0.128 e. The van der Waals surface area contributed by atoms with E-state index < -0.39 is 0 Å². The molecule has 0 atom stereocenters. The van der Waals surface area contributed by atoms with E-state index in [-0.39, 0.29) is 5.41 Å². The summed E-state index contributed by atoms with van der Waals surface area (Å²) in [7, 11) is 0. The lowest BCUT2D eigenvalue weighted by atomic mass is 9.76. The average Bonchev–Trinajstić information content (AvgIpc) is 2.40. The number of morpholine rings is 1. The van der Waals surface area contributed by atoms with Crippen LogP contribution in [0, 0.1) is 5.92 Å². The monoisotopic (exact) mass is 248 g/mol. The van der Waals surface area contributed by atoms with Crippen LogP contribution in [0.2, 0.25) is 0 Å². The zero-order chi connectivity index (χ0) is 13.2. The molecule has 1 aromatic heterocycles. The van der Waals surface area contributed by atoms with Crippen molar-refractivity contribution in [3.8, 4) is 0 Å². The summed E-state index contributed by atoms with van der Waals surface area (Å²) in [6.45, 7) is 12.6. The summed E-state index contributed by atoms with van der Waals surface area (Å²) in [5.74, 6) is 1.68. The van der Waals surface area contributed by atoms with Crippen LogP contribution in [0.25, 0.3) is 0 Å². The van der Waals surface area contributed by atoms with Gasteiger partial charge >= 0.3 is 0 Å². The number of ether oxygens (including phenoxy) is 1. The molecule has 0 N–H and O–H groups in total. The lowest BCUT2D eigenvalue weighted by Crippen LogP contribution is -2.36. The van der Waals surface area contributed by atoms with E-state index in [9.17, 15) is 0 Å². The molecule has 100 valence electrons. The molecule has 3 heteroatoms. The Kier molecular flexibility index (Phi) is 3.91. The van der Waals surface area contributed by atoms with Gasteiger partial charge in [-0.2, -0.15) is 0 Å². The van der Waals surface area contributed by atoms with Crippen molar-refractivity contribution in [2.45, 2.75) is 33.1 Å². The fourth-order valence-electron chi connectivity index (χ4n) is 2.08. The first-order valence-corrected chi connectivity index (χ1v) is 6.81. The van der Waals surface area contributed by atoms with Gasteiger partial charge in [-0.1, -0.05) is 33.8 Å². The highest BCUT2D eigenvalue weighted by Gasteiger charge is 2.25. The van der Waals surface area contributed by atoms with E-state index in [1.165, 1.54) is 5.56 Å². The molecular weight excluding hydrogens is 224 g/mol. The summed E-state index contributed by atoms with van der Waals surface area (Å²) in [5.41, 5.74) is 1.49. The maximum Gasteiger partial charge on any atom is 0.128 e. The fourth-order valence-corrected chi connectivity index (χ4v) is 2.08. The first kappa shape index (κ1) is 13.3. The molecule has 1 aromatic rings. The molecular formula is C15H24N2O. The molecule has 3 nitrogen and oxygen atoms in total. The minimum atomic E-state index is 0.177. The summed E-state index contributed by atoms with van der Waals surface area (Å²) in [4.78, 5) is 6.91. The molecule has 0 radical (unpaired) electrons. The summed E-state index contributed by atoms with van der Waals surface area (Å²) >= 11 is 0. The minimum Gasteiger partial charge on any atom is -0.378 e. The molecule has 18 heavy (non-hydrogen) atoms. The molecule has 2 rings (SSSR count). The molecule has 0 amide bonds. The predicted molar refractivity (Wildman–Crippen MR) is 75.1 cm³/mol. The van der Waals surface area contributed by atoms with Crippen molar-refractivity contribution < 1.29 is 4.74 Å². The molecule has 1 saturated heterocycles. The van der Waals surface area contributed by atoms with Crippen molar-refractivity contribution in [1.82, 2.24) is 4.98 Å². The zero-order valence-electron chi connectivity index (χ0n) is 11.9. The van der Waals surface area contributed by atoms with E-state index >= 15 is 0 Å². The average molecular weight is 248 g/mol. The number of pyridine rings is 1. The third-order valence-electron chi connectivity index (χ3n) is 4.27. The van der Waals surface area contributed by atoms with Gasteiger partial charge in [0.2, 0.25) is 0 Å². The third kappa shape index (κ3) is 2.66. The van der Waals surface area contributed by atoms with Gasteiger partial charge in [-0.15, -0.1) is 0 Å². The van der Waals surface area contributed by atoms with Crippen LogP contribution >= 0.6 is 0 Å². The lowest BCUT2D eigenvalue weighted by Gasteiger charge is -2.31. The summed E-state index contributed by atoms with van der Waals surface area (Å²) in [5, 5.41) is 0. The highest BCUT2D eigenvalue weighted by molar-refractivity contribution is 5.41. The Bertz CT molecular complexity index is 378. The van der Waals surface area contributed by atoms with Crippen LogP contribution in [0.5, 0.6) is 0 Å². The number of hydrogen-bond acceptors (Lipinski definition) is 3. The van der Waals surface area contributed by atoms with Gasteiger partial charge in [0.15, 0.2) is 0 Å². The van der Waals surface area contributed by atoms with Crippen molar-refractivity contribution in [3.05, 3.63) is 23.9 Å². The van der Waals surface area contributed by atoms with Gasteiger partial charge in [0.1, 0.15) is 5.82 Å². The molecule has 0 unspecified atom stereocenters. The van der Waals surface area contributed by atoms with Crippen LogP contribution in [0.15, 0.2) is 18.3 Å². The van der Waals surface area contributed by atoms with Crippen LogP contribution < -0.4 is 4.90 Å². The SMILES string of the molecule is CC(C)C(C)(C)c1ccc(N2CCOCC2)nc1. The first-order valence-electron chi connectivity index (χ1n) is 6.81. The van der Waals surface area contributed by atoms with Crippen molar-refractivity contribution in [1.29, 1.82) is 0 Å². The van der Waals surface area contributed by atoms with Crippen molar-refractivity contribution in [3.63, 3.8) is 0 Å². The Morgan fingerprint density at radius 2 is 1.89 bits per heavy atom. The van der Waals surface area contributed by atoms with Crippen LogP contribution in [-0.2, 0) is 10.2 Å². The lowest BCUT2D eigenvalue weighted by molar-refractivity contribution is 0.122. The first-order chi connectivity index (χ1) is 8.51. The molecule has 0 bridgehead atoms. The van der Waals surface area contributed by atoms with Crippen molar-refractivity contribution >= 4 is 5.82 Å². The number of hydrogen-bond donors (Lipinski definition) is 0. The Morgan fingerprint density at radius 1 is 1.22 bits per heavy atom. The van der Waals surface area contributed by atoms with Gasteiger partial charge < -0.3 is 9.64 Å². The second-order valence-electron chi connectivity index (χ2n) is 5.88. The Balaban J connectivity index is 2.14. The molecule has 0 spiro atoms. The summed E-state index contributed by atoms with van der Waals surface area (Å²) in [6.07, 6.45) is 2.03. The van der Waals surface area contributed by atoms with Crippen LogP contribution in [0.4, 0.5) is 5.82 Å². The predicted octanol–water partition coefficient (Wildman–Crippen LogP) is 2.85. The fraction of sp³-hybridized carbons (Fsp3) is 0.667. The van der Waals surface area contributed by atoms with E-state index in [1.807, 2.05) is 6.20 Å². The van der Waals surface area contributed by atoms with Gasteiger partial charge in [-0.25, -0.2) is 4.98 Å². The Hall–Kier alpha value is -1.09. The number of aromatic nitrogens is 1. The van der Waals surface area contributed by atoms with Gasteiger partial charge in [-0.05, 0) is 23.0 Å². The maximum absolute atomic E-state index is 5.36.